The van der Waals surface area contributed by atoms with Crippen LogP contribution in [-0.2, 0) is 4.79 Å². The molecule has 0 bridgehead atoms. The lowest BCUT2D eigenvalue weighted by molar-refractivity contribution is -0.117. The average molecular weight is 384 g/mol. The number of para-hydroxylation sites is 1. The van der Waals surface area contributed by atoms with E-state index in [1.165, 1.54) is 11.3 Å². The molecule has 3 aromatic heterocycles. The summed E-state index contributed by atoms with van der Waals surface area (Å²) in [6.07, 6.45) is 1.80. The van der Waals surface area contributed by atoms with Crippen LogP contribution in [-0.4, -0.2) is 32.7 Å². The zero-order chi connectivity index (χ0) is 17.9. The van der Waals surface area contributed by atoms with Crippen LogP contribution in [0.15, 0.2) is 57.6 Å². The summed E-state index contributed by atoms with van der Waals surface area (Å²) in [5.41, 5.74) is 1.78. The number of carbonyl (C=O) groups excluding carboxylic acids is 2. The number of thioether (sulfide) groups is 1. The summed E-state index contributed by atoms with van der Waals surface area (Å²) in [5.74, 6) is -0.442. The summed E-state index contributed by atoms with van der Waals surface area (Å²) in [5, 5.41) is 13.3. The molecule has 0 aliphatic rings. The lowest BCUT2D eigenvalue weighted by Gasteiger charge is -2.00. The molecule has 0 fully saturated rings. The van der Waals surface area contributed by atoms with Gasteiger partial charge in [-0.3, -0.25) is 14.9 Å². The second-order valence-electron chi connectivity index (χ2n) is 5.26. The molecule has 2 N–H and O–H groups in total. The molecule has 4 aromatic rings. The Hall–Kier alpha value is -2.91. The SMILES string of the molecule is O=C(CSc1nnc(-c2c[nH]c3ccccc23)o1)NC(=O)c1cccs1. The number of hydrogen-bond acceptors (Lipinski definition) is 7. The summed E-state index contributed by atoms with van der Waals surface area (Å²) in [4.78, 5) is 27.3. The van der Waals surface area contributed by atoms with E-state index < -0.39 is 11.8 Å². The van der Waals surface area contributed by atoms with Crippen molar-refractivity contribution in [2.24, 2.45) is 0 Å². The van der Waals surface area contributed by atoms with E-state index >= 15 is 0 Å². The maximum Gasteiger partial charge on any atom is 0.277 e. The monoisotopic (exact) mass is 384 g/mol. The van der Waals surface area contributed by atoms with Gasteiger partial charge < -0.3 is 9.40 Å². The third-order valence-corrected chi connectivity index (χ3v) is 5.24. The van der Waals surface area contributed by atoms with E-state index in [-0.39, 0.29) is 11.0 Å². The Morgan fingerprint density at radius 3 is 2.92 bits per heavy atom. The van der Waals surface area contributed by atoms with Crippen molar-refractivity contribution >= 4 is 45.8 Å². The molecular formula is C17H12N4O3S2. The van der Waals surface area contributed by atoms with Crippen molar-refractivity contribution in [2.45, 2.75) is 5.22 Å². The summed E-state index contributed by atoms with van der Waals surface area (Å²) in [7, 11) is 0. The first kappa shape index (κ1) is 16.6. The van der Waals surface area contributed by atoms with Crippen molar-refractivity contribution in [3.05, 3.63) is 52.9 Å². The first-order chi connectivity index (χ1) is 12.7. The number of nitrogens with one attached hydrogen (secondary N) is 2. The second kappa shape index (κ2) is 7.14. The van der Waals surface area contributed by atoms with Crippen molar-refractivity contribution in [1.29, 1.82) is 0 Å². The van der Waals surface area contributed by atoms with Crippen LogP contribution in [0.3, 0.4) is 0 Å². The zero-order valence-electron chi connectivity index (χ0n) is 13.3. The number of aromatic nitrogens is 3. The fourth-order valence-corrected chi connectivity index (χ4v) is 3.57. The highest BCUT2D eigenvalue weighted by Crippen LogP contribution is 2.29. The van der Waals surface area contributed by atoms with E-state index in [0.29, 0.717) is 10.8 Å². The van der Waals surface area contributed by atoms with Gasteiger partial charge in [0.15, 0.2) is 0 Å². The molecular weight excluding hydrogens is 372 g/mol. The van der Waals surface area contributed by atoms with Gasteiger partial charge in [-0.05, 0) is 17.5 Å². The Labute approximate surface area is 155 Å². The predicted molar refractivity (Wildman–Crippen MR) is 99.1 cm³/mol. The number of fused-ring (bicyclic) bond motifs is 1. The number of nitrogens with zero attached hydrogens (tertiary/aromatic N) is 2. The molecule has 2 amide bonds. The highest BCUT2D eigenvalue weighted by atomic mass is 32.2. The first-order valence-electron chi connectivity index (χ1n) is 7.61. The van der Waals surface area contributed by atoms with Crippen molar-refractivity contribution in [2.75, 3.05) is 5.75 Å². The number of aromatic amines is 1. The van der Waals surface area contributed by atoms with Gasteiger partial charge in [0.05, 0.1) is 16.2 Å². The summed E-state index contributed by atoms with van der Waals surface area (Å²) < 4.78 is 5.62. The summed E-state index contributed by atoms with van der Waals surface area (Å²) in [6.45, 7) is 0. The number of carbonyl (C=O) groups is 2. The van der Waals surface area contributed by atoms with E-state index in [0.717, 1.165) is 28.2 Å². The normalized spacial score (nSPS) is 10.9. The minimum absolute atomic E-state index is 0.00658. The van der Waals surface area contributed by atoms with Gasteiger partial charge in [0.1, 0.15) is 0 Å². The zero-order valence-corrected chi connectivity index (χ0v) is 14.9. The van der Waals surface area contributed by atoms with Crippen molar-refractivity contribution < 1.29 is 14.0 Å². The molecule has 9 heteroatoms. The smallest absolute Gasteiger partial charge is 0.277 e. The van der Waals surface area contributed by atoms with Gasteiger partial charge in [0.2, 0.25) is 5.91 Å². The molecule has 0 aliphatic heterocycles. The fourth-order valence-electron chi connectivity index (χ4n) is 2.38. The molecule has 0 unspecified atom stereocenters. The van der Waals surface area contributed by atoms with Crippen LogP contribution >= 0.6 is 23.1 Å². The molecule has 0 atom stereocenters. The summed E-state index contributed by atoms with van der Waals surface area (Å²) in [6, 6.07) is 11.2. The molecule has 26 heavy (non-hydrogen) atoms. The topological polar surface area (TPSA) is 101 Å². The Morgan fingerprint density at radius 1 is 1.19 bits per heavy atom. The molecule has 3 heterocycles. The number of hydrogen-bond donors (Lipinski definition) is 2. The number of rotatable bonds is 5. The van der Waals surface area contributed by atoms with Crippen molar-refractivity contribution in [3.8, 4) is 11.5 Å². The van der Waals surface area contributed by atoms with Crippen LogP contribution in [0.1, 0.15) is 9.67 Å². The van der Waals surface area contributed by atoms with Crippen LogP contribution in [0.5, 0.6) is 0 Å². The van der Waals surface area contributed by atoms with Crippen LogP contribution in [0.2, 0.25) is 0 Å². The molecule has 0 radical (unpaired) electrons. The maximum absolute atomic E-state index is 11.9. The maximum atomic E-state index is 11.9. The molecule has 0 spiro atoms. The van der Waals surface area contributed by atoms with Gasteiger partial charge in [0, 0.05) is 17.1 Å². The third-order valence-electron chi connectivity index (χ3n) is 3.55. The van der Waals surface area contributed by atoms with E-state index in [1.807, 2.05) is 24.3 Å². The molecule has 4 rings (SSSR count). The number of thiophene rings is 1. The number of amides is 2. The van der Waals surface area contributed by atoms with Gasteiger partial charge in [-0.25, -0.2) is 0 Å². The van der Waals surface area contributed by atoms with Crippen molar-refractivity contribution in [3.63, 3.8) is 0 Å². The average Bonchev–Trinajstić information content (AvgIpc) is 3.39. The highest BCUT2D eigenvalue weighted by molar-refractivity contribution is 7.99. The Kier molecular flexibility index (Phi) is 4.55. The summed E-state index contributed by atoms with van der Waals surface area (Å²) >= 11 is 2.36. The molecule has 0 aliphatic carbocycles. The van der Waals surface area contributed by atoms with Gasteiger partial charge in [-0.15, -0.1) is 21.5 Å². The predicted octanol–water partition coefficient (Wildman–Crippen LogP) is 3.33. The third kappa shape index (κ3) is 3.39. The second-order valence-corrected chi connectivity index (χ2v) is 7.14. The van der Waals surface area contributed by atoms with Crippen molar-refractivity contribution in [1.82, 2.24) is 20.5 Å². The lowest BCUT2D eigenvalue weighted by atomic mass is 10.2. The fraction of sp³-hybridized carbons (Fsp3) is 0.0588. The Bertz CT molecular complexity index is 1070. The minimum Gasteiger partial charge on any atom is -0.411 e. The Morgan fingerprint density at radius 2 is 2.08 bits per heavy atom. The number of imide groups is 1. The molecule has 1 aromatic carbocycles. The standard InChI is InChI=1S/C17H12N4O3S2/c22-14(19-15(23)13-6-3-7-25-13)9-26-17-21-20-16(24-17)11-8-18-12-5-2-1-4-10(11)12/h1-8,18H,9H2,(H,19,22,23). The van der Waals surface area contributed by atoms with Gasteiger partial charge >= 0.3 is 0 Å². The molecule has 0 saturated heterocycles. The van der Waals surface area contributed by atoms with Crippen LogP contribution in [0.25, 0.3) is 22.4 Å². The van der Waals surface area contributed by atoms with Crippen LogP contribution in [0, 0.1) is 0 Å². The first-order valence-corrected chi connectivity index (χ1v) is 9.48. The Balaban J connectivity index is 1.39. The van der Waals surface area contributed by atoms with Gasteiger partial charge in [0.25, 0.3) is 17.0 Å². The van der Waals surface area contributed by atoms with Gasteiger partial charge in [-0.1, -0.05) is 36.0 Å². The van der Waals surface area contributed by atoms with E-state index in [1.54, 1.807) is 23.7 Å². The number of H-pyrrole nitrogens is 1. The molecule has 7 nitrogen and oxygen atoms in total. The highest BCUT2D eigenvalue weighted by Gasteiger charge is 2.16. The van der Waals surface area contributed by atoms with Crippen LogP contribution < -0.4 is 5.32 Å². The minimum atomic E-state index is -0.416. The van der Waals surface area contributed by atoms with E-state index in [2.05, 4.69) is 20.5 Å². The molecule has 0 saturated carbocycles. The quantitative estimate of drug-likeness (QED) is 0.512. The van der Waals surface area contributed by atoms with E-state index in [9.17, 15) is 9.59 Å². The van der Waals surface area contributed by atoms with E-state index in [4.69, 9.17) is 4.42 Å². The largest absolute Gasteiger partial charge is 0.411 e. The van der Waals surface area contributed by atoms with Gasteiger partial charge in [-0.2, -0.15) is 0 Å². The number of benzene rings is 1. The lowest BCUT2D eigenvalue weighted by Crippen LogP contribution is -2.31. The molecule has 130 valence electrons. The van der Waals surface area contributed by atoms with Crippen LogP contribution in [0.4, 0.5) is 0 Å².